The molecule has 1 aliphatic rings. The van der Waals surface area contributed by atoms with Crippen molar-refractivity contribution < 1.29 is 9.59 Å². The van der Waals surface area contributed by atoms with E-state index in [2.05, 4.69) is 13.8 Å². The summed E-state index contributed by atoms with van der Waals surface area (Å²) in [6.45, 7) is 6.24. The van der Waals surface area contributed by atoms with Gasteiger partial charge in [-0.25, -0.2) is 0 Å². The summed E-state index contributed by atoms with van der Waals surface area (Å²) >= 11 is 6.05. The standard InChI is InChI=1S/C26H25ClN2O2/c1-17(2)19-6-8-20(9-7-19)25-26(31)28(22-12-4-18(3)5-13-22)16-24(30)29(25)23-14-10-21(27)11-15-23/h4-15,17,25H,16H2,1-3H3/t25-/m0/s1. The van der Waals surface area contributed by atoms with Crippen LogP contribution in [0.3, 0.4) is 0 Å². The average molecular weight is 433 g/mol. The number of carbonyl (C=O) groups excluding carboxylic acids is 2. The van der Waals surface area contributed by atoms with E-state index in [9.17, 15) is 9.59 Å². The van der Waals surface area contributed by atoms with Crippen molar-refractivity contribution in [2.24, 2.45) is 0 Å². The first-order valence-electron chi connectivity index (χ1n) is 10.4. The summed E-state index contributed by atoms with van der Waals surface area (Å²) in [6.07, 6.45) is 0. The summed E-state index contributed by atoms with van der Waals surface area (Å²) < 4.78 is 0. The van der Waals surface area contributed by atoms with Gasteiger partial charge < -0.3 is 4.90 Å². The molecule has 0 radical (unpaired) electrons. The van der Waals surface area contributed by atoms with E-state index in [-0.39, 0.29) is 18.4 Å². The first-order valence-corrected chi connectivity index (χ1v) is 10.8. The van der Waals surface area contributed by atoms with Gasteiger partial charge in [0.1, 0.15) is 12.6 Å². The third kappa shape index (κ3) is 4.21. The summed E-state index contributed by atoms with van der Waals surface area (Å²) in [5, 5.41) is 0.582. The van der Waals surface area contributed by atoms with Gasteiger partial charge in [-0.1, -0.05) is 67.4 Å². The Bertz CT molecular complexity index is 1090. The van der Waals surface area contributed by atoms with E-state index < -0.39 is 6.04 Å². The highest BCUT2D eigenvalue weighted by Crippen LogP contribution is 2.35. The molecule has 158 valence electrons. The normalized spacial score (nSPS) is 16.9. The van der Waals surface area contributed by atoms with Crippen LogP contribution in [-0.2, 0) is 9.59 Å². The maximum absolute atomic E-state index is 13.7. The molecule has 4 rings (SSSR count). The molecule has 0 spiro atoms. The molecule has 1 saturated heterocycles. The van der Waals surface area contributed by atoms with E-state index in [0.29, 0.717) is 16.6 Å². The number of nitrogens with zero attached hydrogens (tertiary/aromatic N) is 2. The number of benzene rings is 3. The predicted octanol–water partition coefficient (Wildman–Crippen LogP) is 5.89. The Hall–Kier alpha value is -3.11. The van der Waals surface area contributed by atoms with Gasteiger partial charge in [-0.2, -0.15) is 0 Å². The van der Waals surface area contributed by atoms with Crippen LogP contribution in [0, 0.1) is 6.92 Å². The number of amides is 2. The molecule has 5 heteroatoms. The molecule has 1 aliphatic heterocycles. The molecule has 3 aromatic rings. The van der Waals surface area contributed by atoms with Crippen LogP contribution in [0.25, 0.3) is 0 Å². The SMILES string of the molecule is Cc1ccc(N2CC(=O)N(c3ccc(Cl)cc3)[C@@H](c3ccc(C(C)C)cc3)C2=O)cc1. The molecule has 31 heavy (non-hydrogen) atoms. The number of carbonyl (C=O) groups is 2. The highest BCUT2D eigenvalue weighted by molar-refractivity contribution is 6.30. The van der Waals surface area contributed by atoms with Crippen molar-refractivity contribution in [1.29, 1.82) is 0 Å². The quantitative estimate of drug-likeness (QED) is 0.515. The number of halogens is 1. The average Bonchev–Trinajstić information content (AvgIpc) is 2.76. The Morgan fingerprint density at radius 1 is 0.839 bits per heavy atom. The zero-order valence-corrected chi connectivity index (χ0v) is 18.6. The Balaban J connectivity index is 1.79. The molecule has 0 bridgehead atoms. The second-order valence-electron chi connectivity index (χ2n) is 8.22. The number of aryl methyl sites for hydroxylation is 1. The molecule has 0 aliphatic carbocycles. The van der Waals surface area contributed by atoms with Crippen molar-refractivity contribution in [3.05, 3.63) is 94.5 Å². The summed E-state index contributed by atoms with van der Waals surface area (Å²) in [5.74, 6) is 0.116. The van der Waals surface area contributed by atoms with Gasteiger partial charge in [-0.05, 0) is 60.4 Å². The Labute approximate surface area is 188 Å². The molecule has 0 aromatic heterocycles. The van der Waals surface area contributed by atoms with Crippen LogP contribution < -0.4 is 9.80 Å². The third-order valence-electron chi connectivity index (χ3n) is 5.69. The van der Waals surface area contributed by atoms with E-state index in [1.807, 2.05) is 55.5 Å². The molecule has 4 nitrogen and oxygen atoms in total. The number of hydrogen-bond acceptors (Lipinski definition) is 2. The van der Waals surface area contributed by atoms with E-state index in [1.165, 1.54) is 5.56 Å². The molecular formula is C26H25ClN2O2. The van der Waals surface area contributed by atoms with Gasteiger partial charge in [0.25, 0.3) is 5.91 Å². The molecule has 3 aromatic carbocycles. The number of hydrogen-bond donors (Lipinski definition) is 0. The summed E-state index contributed by atoms with van der Waals surface area (Å²) in [6, 6.07) is 21.9. The van der Waals surface area contributed by atoms with Gasteiger partial charge in [0.2, 0.25) is 5.91 Å². The van der Waals surface area contributed by atoms with Gasteiger partial charge >= 0.3 is 0 Å². The molecule has 0 unspecified atom stereocenters. The van der Waals surface area contributed by atoms with E-state index in [1.54, 1.807) is 34.1 Å². The van der Waals surface area contributed by atoms with Gasteiger partial charge in [0.15, 0.2) is 0 Å². The van der Waals surface area contributed by atoms with Crippen molar-refractivity contribution in [2.45, 2.75) is 32.7 Å². The molecule has 0 saturated carbocycles. The van der Waals surface area contributed by atoms with Crippen LogP contribution in [0.5, 0.6) is 0 Å². The van der Waals surface area contributed by atoms with Crippen LogP contribution in [0.2, 0.25) is 5.02 Å². The van der Waals surface area contributed by atoms with Crippen molar-refractivity contribution in [3.8, 4) is 0 Å². The fourth-order valence-corrected chi connectivity index (χ4v) is 4.01. The highest BCUT2D eigenvalue weighted by Gasteiger charge is 2.41. The van der Waals surface area contributed by atoms with Crippen molar-refractivity contribution in [3.63, 3.8) is 0 Å². The minimum Gasteiger partial charge on any atom is -0.301 e. The lowest BCUT2D eigenvalue weighted by atomic mass is 9.95. The highest BCUT2D eigenvalue weighted by atomic mass is 35.5. The van der Waals surface area contributed by atoms with Gasteiger partial charge in [0, 0.05) is 16.4 Å². The largest absolute Gasteiger partial charge is 0.301 e. The fourth-order valence-electron chi connectivity index (χ4n) is 3.88. The second-order valence-corrected chi connectivity index (χ2v) is 8.66. The topological polar surface area (TPSA) is 40.6 Å². The lowest BCUT2D eigenvalue weighted by Crippen LogP contribution is -2.56. The summed E-state index contributed by atoms with van der Waals surface area (Å²) in [7, 11) is 0. The van der Waals surface area contributed by atoms with E-state index in [4.69, 9.17) is 11.6 Å². The van der Waals surface area contributed by atoms with Crippen LogP contribution in [-0.4, -0.2) is 18.4 Å². The first-order chi connectivity index (χ1) is 14.8. The number of rotatable bonds is 4. The summed E-state index contributed by atoms with van der Waals surface area (Å²) in [4.78, 5) is 30.2. The number of piperazine rings is 1. The van der Waals surface area contributed by atoms with Crippen molar-refractivity contribution in [1.82, 2.24) is 0 Å². The zero-order chi connectivity index (χ0) is 22.1. The predicted molar refractivity (Wildman–Crippen MR) is 126 cm³/mol. The second kappa shape index (κ2) is 8.56. The van der Waals surface area contributed by atoms with E-state index in [0.717, 1.165) is 16.8 Å². The van der Waals surface area contributed by atoms with E-state index >= 15 is 0 Å². The minimum atomic E-state index is -0.745. The lowest BCUT2D eigenvalue weighted by molar-refractivity contribution is -0.128. The summed E-state index contributed by atoms with van der Waals surface area (Å²) in [5.41, 5.74) is 4.46. The molecule has 2 amide bonds. The van der Waals surface area contributed by atoms with Crippen LogP contribution in [0.15, 0.2) is 72.8 Å². The fraction of sp³-hybridized carbons (Fsp3) is 0.231. The van der Waals surface area contributed by atoms with Crippen LogP contribution in [0.4, 0.5) is 11.4 Å². The first kappa shape index (κ1) is 21.1. The maximum Gasteiger partial charge on any atom is 0.255 e. The Morgan fingerprint density at radius 3 is 2.00 bits per heavy atom. The molecule has 1 heterocycles. The van der Waals surface area contributed by atoms with Crippen molar-refractivity contribution >= 4 is 34.8 Å². The monoisotopic (exact) mass is 432 g/mol. The number of anilines is 2. The molecule has 1 atom stereocenters. The minimum absolute atomic E-state index is 0.00883. The lowest BCUT2D eigenvalue weighted by Gasteiger charge is -2.40. The Kier molecular flexibility index (Phi) is 5.84. The van der Waals surface area contributed by atoms with Crippen molar-refractivity contribution in [2.75, 3.05) is 16.3 Å². The van der Waals surface area contributed by atoms with Gasteiger partial charge in [0.05, 0.1) is 0 Å². The van der Waals surface area contributed by atoms with Gasteiger partial charge in [-0.3, -0.25) is 14.5 Å². The maximum atomic E-state index is 13.7. The smallest absolute Gasteiger partial charge is 0.255 e. The van der Waals surface area contributed by atoms with Crippen LogP contribution in [0.1, 0.15) is 42.5 Å². The Morgan fingerprint density at radius 2 is 1.42 bits per heavy atom. The molecule has 0 N–H and O–H groups in total. The van der Waals surface area contributed by atoms with Gasteiger partial charge in [-0.15, -0.1) is 0 Å². The van der Waals surface area contributed by atoms with Crippen LogP contribution >= 0.6 is 11.6 Å². The molecular weight excluding hydrogens is 408 g/mol. The molecule has 1 fully saturated rings. The zero-order valence-electron chi connectivity index (χ0n) is 17.9. The third-order valence-corrected chi connectivity index (χ3v) is 5.94.